The Hall–Kier alpha value is -4.54. The van der Waals surface area contributed by atoms with Crippen molar-refractivity contribution in [1.29, 1.82) is 0 Å². The zero-order valence-electron chi connectivity index (χ0n) is 26.4. The van der Waals surface area contributed by atoms with Crippen LogP contribution in [0.25, 0.3) is 11.0 Å². The molecular formula is C38H40N4O5. The summed E-state index contributed by atoms with van der Waals surface area (Å²) >= 11 is 0. The van der Waals surface area contributed by atoms with Crippen molar-refractivity contribution < 1.29 is 19.4 Å². The lowest BCUT2D eigenvalue weighted by Gasteiger charge is -2.44. The van der Waals surface area contributed by atoms with Gasteiger partial charge in [0, 0.05) is 48.4 Å². The van der Waals surface area contributed by atoms with Gasteiger partial charge in [-0.15, -0.1) is 0 Å². The number of amides is 1. The number of ether oxygens (including phenoxy) is 2. The molecule has 9 heteroatoms. The third-order valence-corrected chi connectivity index (χ3v) is 9.56. The number of benzene rings is 4. The molecule has 0 aliphatic carbocycles. The highest BCUT2D eigenvalue weighted by atomic mass is 16.7. The number of nitrogens with zero attached hydrogens (tertiary/aromatic N) is 2. The first-order chi connectivity index (χ1) is 23.0. The zero-order valence-corrected chi connectivity index (χ0v) is 26.4. The Morgan fingerprint density at radius 3 is 2.40 bits per heavy atom. The molecule has 2 saturated heterocycles. The monoisotopic (exact) mass is 632 g/mol. The summed E-state index contributed by atoms with van der Waals surface area (Å²) in [6.45, 7) is 4.58. The van der Waals surface area contributed by atoms with E-state index in [1.54, 1.807) is 12.1 Å². The molecule has 1 amide bonds. The minimum Gasteiger partial charge on any atom is -0.392 e. The summed E-state index contributed by atoms with van der Waals surface area (Å²) in [5.41, 5.74) is 5.72. The Bertz CT molecular complexity index is 1880. The molecule has 0 bridgehead atoms. The molecule has 1 aromatic heterocycles. The van der Waals surface area contributed by atoms with Crippen LogP contribution in [0.2, 0.25) is 0 Å². The Balaban J connectivity index is 1.09. The van der Waals surface area contributed by atoms with Crippen LogP contribution in [0.3, 0.4) is 0 Å². The molecule has 2 fully saturated rings. The van der Waals surface area contributed by atoms with Crippen molar-refractivity contribution in [3.8, 4) is 0 Å². The van der Waals surface area contributed by atoms with Crippen molar-refractivity contribution in [2.75, 3.05) is 25.0 Å². The Labute approximate surface area is 273 Å². The molecule has 3 heterocycles. The molecule has 9 nitrogen and oxygen atoms in total. The summed E-state index contributed by atoms with van der Waals surface area (Å²) in [4.78, 5) is 31.1. The first-order valence-corrected chi connectivity index (χ1v) is 16.4. The van der Waals surface area contributed by atoms with Gasteiger partial charge in [-0.05, 0) is 60.4 Å². The Kier molecular flexibility index (Phi) is 9.04. The van der Waals surface area contributed by atoms with E-state index in [0.29, 0.717) is 11.3 Å². The maximum absolute atomic E-state index is 12.9. The highest BCUT2D eigenvalue weighted by Gasteiger charge is 2.39. The second-order valence-electron chi connectivity index (χ2n) is 12.6. The molecule has 5 aromatic rings. The van der Waals surface area contributed by atoms with E-state index in [9.17, 15) is 14.7 Å². The van der Waals surface area contributed by atoms with E-state index < -0.39 is 6.29 Å². The fourth-order valence-electron chi connectivity index (χ4n) is 6.94. The van der Waals surface area contributed by atoms with Gasteiger partial charge < -0.3 is 29.8 Å². The van der Waals surface area contributed by atoms with Crippen molar-refractivity contribution in [2.24, 2.45) is 5.92 Å². The molecule has 7 rings (SSSR count). The van der Waals surface area contributed by atoms with Gasteiger partial charge in [0.15, 0.2) is 6.29 Å². The standard InChI is InChI=1S/C38H40N4O5/c1-25-34(23-41-20-18-31(19-21-41)42-33-13-6-5-12-32(33)40-38(42)45)46-37(47-35(25)27-16-14-26(24-43)15-17-27)29-10-7-11-30(22-29)39-36(44)28-8-3-2-4-9-28/h2-17,22,25,31,34-35,37,43H,18-21,23-24H2,1H3,(H,39,44)(H,40,45)/t25-,34+,35+,37+/m0/s1. The number of carbonyl (C=O) groups excluding carboxylic acids is 1. The van der Waals surface area contributed by atoms with E-state index >= 15 is 0 Å². The number of hydrogen-bond donors (Lipinski definition) is 3. The van der Waals surface area contributed by atoms with E-state index in [1.165, 1.54) is 0 Å². The average Bonchev–Trinajstić information content (AvgIpc) is 3.45. The van der Waals surface area contributed by atoms with E-state index in [1.807, 2.05) is 95.6 Å². The van der Waals surface area contributed by atoms with Crippen LogP contribution in [0.15, 0.2) is 108 Å². The van der Waals surface area contributed by atoms with Crippen LogP contribution in [-0.4, -0.2) is 51.2 Å². The summed E-state index contributed by atoms with van der Waals surface area (Å²) in [7, 11) is 0. The number of hydrogen-bond acceptors (Lipinski definition) is 6. The predicted molar refractivity (Wildman–Crippen MR) is 181 cm³/mol. The summed E-state index contributed by atoms with van der Waals surface area (Å²) < 4.78 is 15.3. The SMILES string of the molecule is C[C@H]1[C@@H](CN2CCC(n3c(=O)[nH]c4ccccc43)CC2)O[C@@H](c2cccc(NC(=O)c3ccccc3)c2)O[C@H]1c1ccc(CO)cc1. The van der Waals surface area contributed by atoms with Gasteiger partial charge >= 0.3 is 5.69 Å². The van der Waals surface area contributed by atoms with E-state index in [2.05, 4.69) is 22.1 Å². The maximum atomic E-state index is 12.9. The molecule has 2 aliphatic heterocycles. The van der Waals surface area contributed by atoms with Gasteiger partial charge in [0.2, 0.25) is 0 Å². The number of anilines is 1. The molecule has 0 saturated carbocycles. The normalized spacial score (nSPS) is 22.3. The predicted octanol–water partition coefficient (Wildman–Crippen LogP) is 6.20. The molecule has 242 valence electrons. The van der Waals surface area contributed by atoms with Crippen LogP contribution in [0.5, 0.6) is 0 Å². The average molecular weight is 633 g/mol. The third kappa shape index (κ3) is 6.66. The van der Waals surface area contributed by atoms with Gasteiger partial charge in [0.25, 0.3) is 5.91 Å². The number of H-pyrrole nitrogens is 1. The molecule has 4 atom stereocenters. The number of aliphatic hydroxyl groups is 1. The maximum Gasteiger partial charge on any atom is 0.326 e. The van der Waals surface area contributed by atoms with Crippen molar-refractivity contribution >= 4 is 22.6 Å². The lowest BCUT2D eigenvalue weighted by atomic mass is 9.89. The number of aromatic amines is 1. The summed E-state index contributed by atoms with van der Waals surface area (Å²) in [6.07, 6.45) is 0.730. The third-order valence-electron chi connectivity index (χ3n) is 9.56. The Morgan fingerprint density at radius 2 is 1.64 bits per heavy atom. The molecule has 2 aliphatic rings. The number of para-hydroxylation sites is 2. The number of aliphatic hydroxyl groups excluding tert-OH is 1. The smallest absolute Gasteiger partial charge is 0.326 e. The fraction of sp³-hybridized carbons (Fsp3) is 0.316. The van der Waals surface area contributed by atoms with Crippen LogP contribution >= 0.6 is 0 Å². The lowest BCUT2D eigenvalue weighted by Crippen LogP contribution is -2.47. The second kappa shape index (κ2) is 13.7. The van der Waals surface area contributed by atoms with Crippen molar-refractivity contribution in [1.82, 2.24) is 14.5 Å². The number of likely N-dealkylation sites (tertiary alicyclic amines) is 1. The number of rotatable bonds is 8. The van der Waals surface area contributed by atoms with Crippen LogP contribution in [0.1, 0.15) is 65.2 Å². The van der Waals surface area contributed by atoms with Crippen LogP contribution < -0.4 is 11.0 Å². The minimum atomic E-state index is -0.644. The van der Waals surface area contributed by atoms with Gasteiger partial charge in [-0.25, -0.2) is 4.79 Å². The molecular weight excluding hydrogens is 592 g/mol. The van der Waals surface area contributed by atoms with Gasteiger partial charge in [0.05, 0.1) is 29.8 Å². The van der Waals surface area contributed by atoms with Gasteiger partial charge in [-0.1, -0.05) is 73.7 Å². The number of imidazole rings is 1. The summed E-state index contributed by atoms with van der Waals surface area (Å²) in [5.74, 6) is -0.138. The molecule has 4 aromatic carbocycles. The number of piperidine rings is 1. The highest BCUT2D eigenvalue weighted by Crippen LogP contribution is 2.42. The topological polar surface area (TPSA) is 109 Å². The number of aromatic nitrogens is 2. The van der Waals surface area contributed by atoms with E-state index in [0.717, 1.165) is 60.2 Å². The lowest BCUT2D eigenvalue weighted by molar-refractivity contribution is -0.276. The van der Waals surface area contributed by atoms with Gasteiger partial charge in [-0.2, -0.15) is 0 Å². The molecule has 0 spiro atoms. The zero-order chi connectivity index (χ0) is 32.3. The van der Waals surface area contributed by atoms with Crippen molar-refractivity contribution in [3.05, 3.63) is 136 Å². The second-order valence-corrected chi connectivity index (χ2v) is 12.6. The van der Waals surface area contributed by atoms with Crippen molar-refractivity contribution in [3.63, 3.8) is 0 Å². The van der Waals surface area contributed by atoms with Crippen LogP contribution in [0, 0.1) is 5.92 Å². The molecule has 0 radical (unpaired) electrons. The first-order valence-electron chi connectivity index (χ1n) is 16.4. The summed E-state index contributed by atoms with van der Waals surface area (Å²) in [6, 6.07) is 32.7. The number of carbonyl (C=O) groups is 1. The Morgan fingerprint density at radius 1 is 0.894 bits per heavy atom. The first kappa shape index (κ1) is 31.1. The van der Waals surface area contributed by atoms with Gasteiger partial charge in [-0.3, -0.25) is 9.36 Å². The number of nitrogens with one attached hydrogen (secondary N) is 2. The largest absolute Gasteiger partial charge is 0.392 e. The highest BCUT2D eigenvalue weighted by molar-refractivity contribution is 6.04. The summed E-state index contributed by atoms with van der Waals surface area (Å²) in [5, 5.41) is 12.6. The quantitative estimate of drug-likeness (QED) is 0.188. The fourth-order valence-corrected chi connectivity index (χ4v) is 6.94. The van der Waals surface area contributed by atoms with Crippen molar-refractivity contribution in [2.45, 2.75) is 50.9 Å². The minimum absolute atomic E-state index is 0.0160. The van der Waals surface area contributed by atoms with Crippen LogP contribution in [0.4, 0.5) is 5.69 Å². The van der Waals surface area contributed by atoms with E-state index in [-0.39, 0.29) is 42.4 Å². The van der Waals surface area contributed by atoms with Gasteiger partial charge in [0.1, 0.15) is 0 Å². The molecule has 3 N–H and O–H groups in total. The molecule has 0 unspecified atom stereocenters. The van der Waals surface area contributed by atoms with Crippen LogP contribution in [-0.2, 0) is 16.1 Å². The van der Waals surface area contributed by atoms with E-state index in [4.69, 9.17) is 9.47 Å². The number of fused-ring (bicyclic) bond motifs is 1. The molecule has 47 heavy (non-hydrogen) atoms.